The van der Waals surface area contributed by atoms with E-state index in [2.05, 4.69) is 5.10 Å². The van der Waals surface area contributed by atoms with Gasteiger partial charge in [-0.2, -0.15) is 5.10 Å². The quantitative estimate of drug-likeness (QED) is 0.235. The van der Waals surface area contributed by atoms with Crippen LogP contribution in [0.4, 0.5) is 0 Å². The van der Waals surface area contributed by atoms with Crippen molar-refractivity contribution in [2.45, 2.75) is 32.9 Å². The second kappa shape index (κ2) is 11.6. The molecule has 0 fully saturated rings. The molecular formula is C30H30N2O5. The van der Waals surface area contributed by atoms with Gasteiger partial charge in [-0.15, -0.1) is 0 Å². The van der Waals surface area contributed by atoms with E-state index in [4.69, 9.17) is 14.2 Å². The van der Waals surface area contributed by atoms with Gasteiger partial charge in [0, 0.05) is 18.9 Å². The van der Waals surface area contributed by atoms with Crippen molar-refractivity contribution in [1.82, 2.24) is 5.01 Å². The third-order valence-electron chi connectivity index (χ3n) is 6.21. The van der Waals surface area contributed by atoms with Gasteiger partial charge in [-0.05, 0) is 35.7 Å². The van der Waals surface area contributed by atoms with Gasteiger partial charge < -0.3 is 14.2 Å². The number of nitrogens with zero attached hydrogens (tertiary/aromatic N) is 2. The maximum atomic E-state index is 12.4. The number of aryl methyl sites for hydroxylation is 1. The number of benzene rings is 3. The Morgan fingerprint density at radius 1 is 1.03 bits per heavy atom. The number of esters is 1. The summed E-state index contributed by atoms with van der Waals surface area (Å²) < 4.78 is 16.1. The molecule has 0 saturated carbocycles. The summed E-state index contributed by atoms with van der Waals surface area (Å²) >= 11 is 0. The predicted molar refractivity (Wildman–Crippen MR) is 142 cm³/mol. The van der Waals surface area contributed by atoms with Crippen LogP contribution in [0.25, 0.3) is 5.57 Å². The molecule has 7 nitrogen and oxygen atoms in total. The number of hydrazone groups is 1. The summed E-state index contributed by atoms with van der Waals surface area (Å²) in [6.07, 6.45) is 1.98. The maximum absolute atomic E-state index is 12.4. The van der Waals surface area contributed by atoms with Crippen molar-refractivity contribution in [3.8, 4) is 5.75 Å². The monoisotopic (exact) mass is 498 g/mol. The topological polar surface area (TPSA) is 77.4 Å². The molecule has 190 valence electrons. The highest BCUT2D eigenvalue weighted by atomic mass is 16.5. The number of methoxy groups -OCH3 is 2. The van der Waals surface area contributed by atoms with Gasteiger partial charge in [0.1, 0.15) is 17.9 Å². The molecule has 0 bridgehead atoms. The first-order valence-corrected chi connectivity index (χ1v) is 12.0. The van der Waals surface area contributed by atoms with Crippen LogP contribution in [0.2, 0.25) is 0 Å². The summed E-state index contributed by atoms with van der Waals surface area (Å²) in [6, 6.07) is 23.1. The first kappa shape index (κ1) is 25.7. The molecule has 4 rings (SSSR count). The van der Waals surface area contributed by atoms with Crippen LogP contribution in [-0.2, 0) is 25.7 Å². The van der Waals surface area contributed by atoms with Gasteiger partial charge in [-0.1, -0.05) is 66.2 Å². The minimum Gasteiger partial charge on any atom is -0.503 e. The summed E-state index contributed by atoms with van der Waals surface area (Å²) in [5.41, 5.74) is 5.72. The highest BCUT2D eigenvalue weighted by Gasteiger charge is 2.31. The lowest BCUT2D eigenvalue weighted by Crippen LogP contribution is -2.24. The van der Waals surface area contributed by atoms with Crippen LogP contribution in [-0.4, -0.2) is 36.8 Å². The van der Waals surface area contributed by atoms with Gasteiger partial charge in [0.2, 0.25) is 5.91 Å². The first-order valence-electron chi connectivity index (χ1n) is 12.0. The summed E-state index contributed by atoms with van der Waals surface area (Å²) in [7, 11) is 2.81. The standard InChI is InChI=1S/C30H30N2O5/c1-20-12-14-22(15-13-20)29-17-28(31-32(29)21(2)33)23-9-7-10-25(16-23)37-18-24-8-5-6-11-26(24)27(19-35-3)30(34)36-4/h5-16,19,29H,17-18H2,1-4H3/b27-19+. The zero-order chi connectivity index (χ0) is 26.4. The van der Waals surface area contributed by atoms with Crippen molar-refractivity contribution in [3.05, 3.63) is 107 Å². The lowest BCUT2D eigenvalue weighted by atomic mass is 9.97. The second-order valence-electron chi connectivity index (χ2n) is 8.77. The number of hydrogen-bond acceptors (Lipinski definition) is 6. The summed E-state index contributed by atoms with van der Waals surface area (Å²) in [5.74, 6) is 0.0577. The molecule has 1 atom stereocenters. The van der Waals surface area contributed by atoms with Crippen LogP contribution in [0.15, 0.2) is 84.2 Å². The Morgan fingerprint density at radius 2 is 1.78 bits per heavy atom. The van der Waals surface area contributed by atoms with Crippen molar-refractivity contribution in [3.63, 3.8) is 0 Å². The van der Waals surface area contributed by atoms with Gasteiger partial charge in [0.15, 0.2) is 0 Å². The van der Waals surface area contributed by atoms with Crippen molar-refractivity contribution >= 4 is 23.2 Å². The van der Waals surface area contributed by atoms with Crippen LogP contribution in [0.3, 0.4) is 0 Å². The summed E-state index contributed by atoms with van der Waals surface area (Å²) in [5, 5.41) is 6.21. The Morgan fingerprint density at radius 3 is 2.49 bits per heavy atom. The van der Waals surface area contributed by atoms with Crippen molar-refractivity contribution in [1.29, 1.82) is 0 Å². The van der Waals surface area contributed by atoms with E-state index in [0.29, 0.717) is 23.3 Å². The Kier molecular flexibility index (Phi) is 8.03. The molecule has 3 aromatic carbocycles. The smallest absolute Gasteiger partial charge is 0.341 e. The van der Waals surface area contributed by atoms with E-state index in [1.807, 2.05) is 79.7 Å². The third kappa shape index (κ3) is 5.89. The fraction of sp³-hybridized carbons (Fsp3) is 0.233. The van der Waals surface area contributed by atoms with E-state index in [1.165, 1.54) is 33.0 Å². The molecule has 0 aromatic heterocycles. The highest BCUT2D eigenvalue weighted by molar-refractivity contribution is 6.16. The number of carbonyl (C=O) groups excluding carboxylic acids is 2. The fourth-order valence-electron chi connectivity index (χ4n) is 4.31. The van der Waals surface area contributed by atoms with E-state index in [-0.39, 0.29) is 18.6 Å². The first-order chi connectivity index (χ1) is 17.9. The molecule has 0 aliphatic carbocycles. The van der Waals surface area contributed by atoms with Crippen LogP contribution in [0.5, 0.6) is 5.75 Å². The van der Waals surface area contributed by atoms with Gasteiger partial charge in [0.05, 0.1) is 32.2 Å². The van der Waals surface area contributed by atoms with Crippen LogP contribution in [0, 0.1) is 6.92 Å². The van der Waals surface area contributed by atoms with Crippen molar-refractivity contribution in [2.24, 2.45) is 5.10 Å². The van der Waals surface area contributed by atoms with E-state index in [1.54, 1.807) is 5.01 Å². The molecule has 37 heavy (non-hydrogen) atoms. The zero-order valence-electron chi connectivity index (χ0n) is 21.4. The molecule has 0 saturated heterocycles. The molecule has 7 heteroatoms. The van der Waals surface area contributed by atoms with Crippen molar-refractivity contribution < 1.29 is 23.8 Å². The van der Waals surface area contributed by atoms with E-state index < -0.39 is 5.97 Å². The van der Waals surface area contributed by atoms with E-state index in [0.717, 1.165) is 22.4 Å². The van der Waals surface area contributed by atoms with Crippen LogP contribution < -0.4 is 4.74 Å². The SMILES string of the molecule is CO/C=C(/C(=O)OC)c1ccccc1COc1cccc(C2=NN(C(C)=O)C(c3ccc(C)cc3)C2)c1. The van der Waals surface area contributed by atoms with Gasteiger partial charge in [0.25, 0.3) is 0 Å². The van der Waals surface area contributed by atoms with E-state index in [9.17, 15) is 9.59 Å². The molecule has 3 aromatic rings. The third-order valence-corrected chi connectivity index (χ3v) is 6.21. The molecule has 1 heterocycles. The largest absolute Gasteiger partial charge is 0.503 e. The number of hydrogen-bond donors (Lipinski definition) is 0. The van der Waals surface area contributed by atoms with Gasteiger partial charge >= 0.3 is 5.97 Å². The molecule has 0 spiro atoms. The molecule has 0 N–H and O–H groups in total. The zero-order valence-corrected chi connectivity index (χ0v) is 21.4. The predicted octanol–water partition coefficient (Wildman–Crippen LogP) is 5.43. The summed E-state index contributed by atoms with van der Waals surface area (Å²) in [6.45, 7) is 3.80. The molecule has 0 radical (unpaired) electrons. The maximum Gasteiger partial charge on any atom is 0.341 e. The van der Waals surface area contributed by atoms with Crippen LogP contribution in [0.1, 0.15) is 47.2 Å². The summed E-state index contributed by atoms with van der Waals surface area (Å²) in [4.78, 5) is 24.6. The Balaban J connectivity index is 1.54. The molecule has 1 unspecified atom stereocenters. The van der Waals surface area contributed by atoms with Crippen molar-refractivity contribution in [2.75, 3.05) is 14.2 Å². The minimum absolute atomic E-state index is 0.102. The van der Waals surface area contributed by atoms with Gasteiger partial charge in [-0.25, -0.2) is 9.80 Å². The second-order valence-corrected chi connectivity index (χ2v) is 8.77. The minimum atomic E-state index is -0.492. The molecule has 1 amide bonds. The Bertz CT molecular complexity index is 1340. The Labute approximate surface area is 217 Å². The van der Waals surface area contributed by atoms with Crippen LogP contribution >= 0.6 is 0 Å². The Hall–Kier alpha value is -4.39. The lowest BCUT2D eigenvalue weighted by Gasteiger charge is -2.20. The number of amides is 1. The molecule has 1 aliphatic rings. The van der Waals surface area contributed by atoms with E-state index >= 15 is 0 Å². The normalized spacial score (nSPS) is 15.2. The number of carbonyl (C=O) groups is 2. The molecular weight excluding hydrogens is 468 g/mol. The number of rotatable bonds is 8. The average Bonchev–Trinajstić information content (AvgIpc) is 3.37. The molecule has 1 aliphatic heterocycles. The number of ether oxygens (including phenoxy) is 3. The highest BCUT2D eigenvalue weighted by Crippen LogP contribution is 2.33. The average molecular weight is 499 g/mol. The fourth-order valence-corrected chi connectivity index (χ4v) is 4.31. The van der Waals surface area contributed by atoms with Gasteiger partial charge in [-0.3, -0.25) is 4.79 Å². The lowest BCUT2D eigenvalue weighted by molar-refractivity contribution is -0.134.